The maximum Gasteiger partial charge on any atom is 0.178 e. The summed E-state index contributed by atoms with van der Waals surface area (Å²) in [5.41, 5.74) is 2.30. The van der Waals surface area contributed by atoms with Gasteiger partial charge in [-0.1, -0.05) is 15.9 Å². The average molecular weight is 304 g/mol. The molecule has 0 fully saturated rings. The topological polar surface area (TPSA) is 50.9 Å². The molecule has 2 aromatic heterocycles. The molecule has 0 aliphatic rings. The van der Waals surface area contributed by atoms with Crippen molar-refractivity contribution in [1.82, 2.24) is 14.5 Å². The van der Waals surface area contributed by atoms with Crippen LogP contribution in [-0.2, 0) is 7.05 Å². The first-order valence-electron chi connectivity index (χ1n) is 5.43. The molecule has 3 aromatic rings. The van der Waals surface area contributed by atoms with Crippen molar-refractivity contribution < 1.29 is 5.11 Å². The Kier molecular flexibility index (Phi) is 2.56. The maximum absolute atomic E-state index is 9.94. The molecule has 0 atom stereocenters. The smallest absolute Gasteiger partial charge is 0.178 e. The molecule has 2 heterocycles. The second kappa shape index (κ2) is 4.10. The lowest BCUT2D eigenvalue weighted by atomic mass is 10.2. The second-order valence-electron chi connectivity index (χ2n) is 4.00. The molecule has 0 saturated carbocycles. The van der Waals surface area contributed by atoms with Crippen LogP contribution >= 0.6 is 15.9 Å². The van der Waals surface area contributed by atoms with Crippen LogP contribution in [0.15, 0.2) is 41.0 Å². The second-order valence-corrected chi connectivity index (χ2v) is 4.92. The first kappa shape index (κ1) is 11.2. The summed E-state index contributed by atoms with van der Waals surface area (Å²) in [5.74, 6) is 0.902. The van der Waals surface area contributed by atoms with Crippen LogP contribution in [0.25, 0.3) is 22.6 Å². The summed E-state index contributed by atoms with van der Waals surface area (Å²) in [6, 6.07) is 9.10. The van der Waals surface area contributed by atoms with Crippen LogP contribution in [0.5, 0.6) is 5.75 Å². The van der Waals surface area contributed by atoms with Crippen molar-refractivity contribution in [3.05, 3.63) is 41.0 Å². The summed E-state index contributed by atoms with van der Waals surface area (Å²) in [7, 11) is 1.91. The highest BCUT2D eigenvalue weighted by Gasteiger charge is 2.13. The van der Waals surface area contributed by atoms with Crippen LogP contribution in [0.1, 0.15) is 0 Å². The van der Waals surface area contributed by atoms with E-state index in [0.717, 1.165) is 9.99 Å². The molecule has 0 unspecified atom stereocenters. The lowest BCUT2D eigenvalue weighted by Gasteiger charge is -2.05. The highest BCUT2D eigenvalue weighted by atomic mass is 79.9. The summed E-state index contributed by atoms with van der Waals surface area (Å²) in [6.45, 7) is 0. The monoisotopic (exact) mass is 303 g/mol. The van der Waals surface area contributed by atoms with E-state index in [-0.39, 0.29) is 5.75 Å². The molecule has 0 bridgehead atoms. The number of nitrogens with zero attached hydrogens (tertiary/aromatic N) is 3. The van der Waals surface area contributed by atoms with Gasteiger partial charge in [-0.25, -0.2) is 9.97 Å². The van der Waals surface area contributed by atoms with E-state index in [0.29, 0.717) is 17.0 Å². The number of hydrogen-bond acceptors (Lipinski definition) is 3. The van der Waals surface area contributed by atoms with Crippen LogP contribution in [0.2, 0.25) is 0 Å². The highest BCUT2D eigenvalue weighted by Crippen LogP contribution is 2.32. The number of pyridine rings is 1. The number of phenolic OH excluding ortho intramolecular Hbond substituents is 1. The zero-order valence-electron chi connectivity index (χ0n) is 9.63. The van der Waals surface area contributed by atoms with Gasteiger partial charge in [0.2, 0.25) is 0 Å². The predicted molar refractivity (Wildman–Crippen MR) is 73.3 cm³/mol. The van der Waals surface area contributed by atoms with Crippen molar-refractivity contribution >= 4 is 27.1 Å². The van der Waals surface area contributed by atoms with E-state index in [1.807, 2.05) is 29.8 Å². The number of imidazole rings is 1. The number of aromatic nitrogens is 3. The van der Waals surface area contributed by atoms with Crippen LogP contribution in [-0.4, -0.2) is 19.6 Å². The molecule has 0 spiro atoms. The molecule has 1 aromatic carbocycles. The summed E-state index contributed by atoms with van der Waals surface area (Å²) < 4.78 is 2.82. The number of aromatic hydroxyl groups is 1. The van der Waals surface area contributed by atoms with E-state index in [9.17, 15) is 5.11 Å². The predicted octanol–water partition coefficient (Wildman–Crippen LogP) is 3.10. The Hall–Kier alpha value is -1.88. The number of hydrogen-bond donors (Lipinski definition) is 1. The van der Waals surface area contributed by atoms with E-state index in [4.69, 9.17) is 0 Å². The molecule has 0 amide bonds. The molecule has 18 heavy (non-hydrogen) atoms. The Morgan fingerprint density at radius 3 is 2.89 bits per heavy atom. The summed E-state index contributed by atoms with van der Waals surface area (Å²) in [4.78, 5) is 8.67. The van der Waals surface area contributed by atoms with Crippen LogP contribution < -0.4 is 0 Å². The van der Waals surface area contributed by atoms with Crippen LogP contribution in [0, 0.1) is 0 Å². The Labute approximate surface area is 112 Å². The number of aryl methyl sites for hydroxylation is 1. The fourth-order valence-electron chi connectivity index (χ4n) is 1.95. The van der Waals surface area contributed by atoms with Gasteiger partial charge in [-0.2, -0.15) is 0 Å². The molecule has 0 aliphatic heterocycles. The lowest BCUT2D eigenvalue weighted by Crippen LogP contribution is -1.92. The first-order chi connectivity index (χ1) is 8.66. The van der Waals surface area contributed by atoms with Gasteiger partial charge in [-0.3, -0.25) is 0 Å². The highest BCUT2D eigenvalue weighted by molar-refractivity contribution is 9.10. The average Bonchev–Trinajstić information content (AvgIpc) is 2.71. The Morgan fingerprint density at radius 1 is 1.28 bits per heavy atom. The molecule has 5 heteroatoms. The number of rotatable bonds is 1. The minimum atomic E-state index is 0.205. The molecule has 0 saturated heterocycles. The molecule has 1 N–H and O–H groups in total. The van der Waals surface area contributed by atoms with Crippen molar-refractivity contribution in [1.29, 1.82) is 0 Å². The third-order valence-corrected chi connectivity index (χ3v) is 3.35. The first-order valence-corrected chi connectivity index (χ1v) is 6.22. The van der Waals surface area contributed by atoms with Gasteiger partial charge >= 0.3 is 0 Å². The summed E-state index contributed by atoms with van der Waals surface area (Å²) in [5, 5.41) is 9.94. The van der Waals surface area contributed by atoms with E-state index in [1.54, 1.807) is 18.3 Å². The van der Waals surface area contributed by atoms with Crippen molar-refractivity contribution in [2.45, 2.75) is 0 Å². The van der Waals surface area contributed by atoms with Gasteiger partial charge in [0.25, 0.3) is 0 Å². The van der Waals surface area contributed by atoms with E-state index >= 15 is 0 Å². The van der Waals surface area contributed by atoms with E-state index in [1.165, 1.54) is 0 Å². The number of phenols is 1. The van der Waals surface area contributed by atoms with Gasteiger partial charge < -0.3 is 9.67 Å². The normalized spacial score (nSPS) is 11.0. The molecule has 90 valence electrons. The summed E-state index contributed by atoms with van der Waals surface area (Å²) in [6.07, 6.45) is 1.71. The largest absolute Gasteiger partial charge is 0.507 e. The van der Waals surface area contributed by atoms with Crippen molar-refractivity contribution in [2.75, 3.05) is 0 Å². The van der Waals surface area contributed by atoms with Gasteiger partial charge in [-0.15, -0.1) is 0 Å². The zero-order chi connectivity index (χ0) is 12.7. The fraction of sp³-hybridized carbons (Fsp3) is 0.0769. The van der Waals surface area contributed by atoms with Gasteiger partial charge in [0, 0.05) is 17.7 Å². The molecular formula is C13H10BrN3O. The van der Waals surface area contributed by atoms with Gasteiger partial charge in [-0.05, 0) is 30.3 Å². The van der Waals surface area contributed by atoms with Crippen molar-refractivity contribution in [3.8, 4) is 17.1 Å². The van der Waals surface area contributed by atoms with Crippen LogP contribution in [0.3, 0.4) is 0 Å². The van der Waals surface area contributed by atoms with Gasteiger partial charge in [0.1, 0.15) is 11.6 Å². The number of benzene rings is 1. The molecular weight excluding hydrogens is 294 g/mol. The number of halogens is 1. The minimum Gasteiger partial charge on any atom is -0.507 e. The number of fused-ring (bicyclic) bond motifs is 1. The van der Waals surface area contributed by atoms with Gasteiger partial charge in [0.15, 0.2) is 5.65 Å². The van der Waals surface area contributed by atoms with E-state index in [2.05, 4.69) is 25.9 Å². The van der Waals surface area contributed by atoms with Crippen molar-refractivity contribution in [3.63, 3.8) is 0 Å². The third kappa shape index (κ3) is 1.67. The lowest BCUT2D eigenvalue weighted by molar-refractivity contribution is 0.476. The summed E-state index contributed by atoms with van der Waals surface area (Å²) >= 11 is 3.40. The molecule has 0 radical (unpaired) electrons. The minimum absolute atomic E-state index is 0.205. The molecule has 4 nitrogen and oxygen atoms in total. The van der Waals surface area contributed by atoms with Gasteiger partial charge in [0.05, 0.1) is 11.1 Å². The Bertz CT molecular complexity index is 736. The molecule has 0 aliphatic carbocycles. The maximum atomic E-state index is 9.94. The van der Waals surface area contributed by atoms with Crippen molar-refractivity contribution in [2.24, 2.45) is 7.05 Å². The molecule has 3 rings (SSSR count). The standard InChI is InChI=1S/C13H10BrN3O/c1-17-10-3-2-6-15-12(10)16-13(17)9-7-8(14)4-5-11(9)18/h2-7,18H,1H3. The third-order valence-electron chi connectivity index (χ3n) is 2.86. The SMILES string of the molecule is Cn1c(-c2cc(Br)ccc2O)nc2ncccc21. The Morgan fingerprint density at radius 2 is 2.11 bits per heavy atom. The fourth-order valence-corrected chi connectivity index (χ4v) is 2.32. The Balaban J connectivity index is 2.31. The quantitative estimate of drug-likeness (QED) is 0.751. The van der Waals surface area contributed by atoms with Crippen LogP contribution in [0.4, 0.5) is 0 Å². The zero-order valence-corrected chi connectivity index (χ0v) is 11.2. The van der Waals surface area contributed by atoms with E-state index < -0.39 is 0 Å².